The van der Waals surface area contributed by atoms with Crippen LogP contribution in [0.15, 0.2) is 36.5 Å². The van der Waals surface area contributed by atoms with Gasteiger partial charge in [0.15, 0.2) is 6.10 Å². The molecule has 0 radical (unpaired) electrons. The number of carbonyl (C=O) groups excluding carboxylic acids is 2. The fraction of sp³-hybridized carbons (Fsp3) is 0.847. The number of allylic oxidation sites excluding steroid dienone is 6. The number of aliphatic carboxylic acids is 1. The molecule has 68 heavy (non-hydrogen) atoms. The Bertz CT molecular complexity index is 1210. The summed E-state index contributed by atoms with van der Waals surface area (Å²) in [5.41, 5.74) is 0. The third-order valence-corrected chi connectivity index (χ3v) is 12.6. The van der Waals surface area contributed by atoms with E-state index in [9.17, 15) is 19.5 Å². The van der Waals surface area contributed by atoms with Gasteiger partial charge in [0.25, 0.3) is 6.29 Å². The zero-order valence-corrected chi connectivity index (χ0v) is 45.3. The van der Waals surface area contributed by atoms with Gasteiger partial charge in [-0.3, -0.25) is 9.59 Å². The second-order valence-corrected chi connectivity index (χ2v) is 20.6. The van der Waals surface area contributed by atoms with E-state index >= 15 is 0 Å². The minimum absolute atomic E-state index is 0.179. The highest BCUT2D eigenvalue weighted by molar-refractivity contribution is 5.71. The van der Waals surface area contributed by atoms with Crippen molar-refractivity contribution in [1.29, 1.82) is 0 Å². The maximum atomic E-state index is 12.9. The summed E-state index contributed by atoms with van der Waals surface area (Å²) in [6.45, 7) is 4.90. The topological polar surface area (TPSA) is 108 Å². The van der Waals surface area contributed by atoms with Crippen LogP contribution in [0.5, 0.6) is 0 Å². The van der Waals surface area contributed by atoms with Crippen LogP contribution in [0, 0.1) is 0 Å². The van der Waals surface area contributed by atoms with E-state index in [1.165, 1.54) is 186 Å². The van der Waals surface area contributed by atoms with Crippen molar-refractivity contribution in [2.75, 3.05) is 47.5 Å². The molecule has 9 nitrogen and oxygen atoms in total. The zero-order chi connectivity index (χ0) is 49.9. The number of hydrogen-bond acceptors (Lipinski definition) is 7. The van der Waals surface area contributed by atoms with Crippen LogP contribution in [-0.4, -0.2) is 87.4 Å². The van der Waals surface area contributed by atoms with Crippen LogP contribution < -0.4 is 0 Å². The number of ether oxygens (including phenoxy) is 4. The lowest BCUT2D eigenvalue weighted by Gasteiger charge is -2.25. The van der Waals surface area contributed by atoms with Crippen LogP contribution in [0.2, 0.25) is 0 Å². The van der Waals surface area contributed by atoms with Crippen LogP contribution in [0.4, 0.5) is 0 Å². The first-order chi connectivity index (χ1) is 33.1. The maximum Gasteiger partial charge on any atom is 0.361 e. The number of carbonyl (C=O) groups is 3. The summed E-state index contributed by atoms with van der Waals surface area (Å²) >= 11 is 0. The molecule has 0 aromatic carbocycles. The van der Waals surface area contributed by atoms with Crippen molar-refractivity contribution in [2.45, 2.75) is 277 Å². The molecule has 9 heteroatoms. The molecule has 0 aliphatic carbocycles. The highest BCUT2D eigenvalue weighted by atomic mass is 16.7. The highest BCUT2D eigenvalue weighted by Gasteiger charge is 2.25. The molecule has 0 rings (SSSR count). The lowest BCUT2D eigenvalue weighted by atomic mass is 10.0. The van der Waals surface area contributed by atoms with E-state index in [2.05, 4.69) is 50.3 Å². The standard InChI is InChI=1S/C59H109NO8/c1-6-8-10-12-14-16-18-20-22-24-25-26-27-28-29-30-31-32-33-34-36-38-40-42-44-46-48-50-57(62)68-55(54-67-59(58(63)64)65-52-51-60(3,4)5)53-66-56(61)49-47-45-43-41-39-37-35-23-21-19-17-15-13-11-9-7-2/h18,20,24-25,27-28,55,59H,6-17,19,21-23,26,29-54H2,1-5H3/p+1/b20-18-,25-24-,28-27-. The molecule has 0 aliphatic rings. The minimum Gasteiger partial charge on any atom is -0.477 e. The predicted octanol–water partition coefficient (Wildman–Crippen LogP) is 16.5. The van der Waals surface area contributed by atoms with Crippen LogP contribution in [0.25, 0.3) is 0 Å². The van der Waals surface area contributed by atoms with E-state index in [1.807, 2.05) is 21.1 Å². The Morgan fingerprint density at radius 3 is 1.18 bits per heavy atom. The lowest BCUT2D eigenvalue weighted by Crippen LogP contribution is -2.40. The molecule has 0 saturated carbocycles. The van der Waals surface area contributed by atoms with Gasteiger partial charge >= 0.3 is 17.9 Å². The normalized spacial score (nSPS) is 13.0. The Kier molecular flexibility index (Phi) is 49.0. The fourth-order valence-electron chi connectivity index (χ4n) is 8.20. The average Bonchev–Trinajstić information content (AvgIpc) is 3.30. The summed E-state index contributed by atoms with van der Waals surface area (Å²) in [5.74, 6) is -1.99. The zero-order valence-electron chi connectivity index (χ0n) is 45.3. The average molecular weight is 962 g/mol. The second-order valence-electron chi connectivity index (χ2n) is 20.6. The summed E-state index contributed by atoms with van der Waals surface area (Å²) < 4.78 is 22.9. The Balaban J connectivity index is 4.21. The molecule has 398 valence electrons. The van der Waals surface area contributed by atoms with Gasteiger partial charge in [0.2, 0.25) is 0 Å². The van der Waals surface area contributed by atoms with Crippen LogP contribution >= 0.6 is 0 Å². The van der Waals surface area contributed by atoms with E-state index in [1.54, 1.807) is 0 Å². The Hall–Kier alpha value is -2.49. The van der Waals surface area contributed by atoms with Gasteiger partial charge < -0.3 is 28.5 Å². The third kappa shape index (κ3) is 51.4. The van der Waals surface area contributed by atoms with Crippen molar-refractivity contribution in [3.63, 3.8) is 0 Å². The van der Waals surface area contributed by atoms with Crippen LogP contribution in [-0.2, 0) is 33.3 Å². The number of carboxylic acids is 1. The molecule has 0 amide bonds. The molecule has 0 aromatic rings. The fourth-order valence-corrected chi connectivity index (χ4v) is 8.20. The summed E-state index contributed by atoms with van der Waals surface area (Å²) in [6, 6.07) is 0. The van der Waals surface area contributed by atoms with Gasteiger partial charge in [0.05, 0.1) is 34.4 Å². The van der Waals surface area contributed by atoms with E-state index in [0.29, 0.717) is 17.4 Å². The van der Waals surface area contributed by atoms with Gasteiger partial charge in [0.1, 0.15) is 13.2 Å². The van der Waals surface area contributed by atoms with Gasteiger partial charge in [-0.25, -0.2) is 4.79 Å². The molecule has 0 aromatic heterocycles. The molecule has 0 bridgehead atoms. The van der Waals surface area contributed by atoms with Crippen molar-refractivity contribution in [3.05, 3.63) is 36.5 Å². The molecule has 2 unspecified atom stereocenters. The number of unbranched alkanes of at least 4 members (excludes halogenated alkanes) is 32. The molecule has 0 heterocycles. The quantitative estimate of drug-likeness (QED) is 0.0211. The smallest absolute Gasteiger partial charge is 0.361 e. The van der Waals surface area contributed by atoms with E-state index in [-0.39, 0.29) is 32.2 Å². The first-order valence-electron chi connectivity index (χ1n) is 28.7. The number of quaternary nitrogens is 1. The van der Waals surface area contributed by atoms with Crippen molar-refractivity contribution >= 4 is 17.9 Å². The molecule has 0 spiro atoms. The first kappa shape index (κ1) is 65.5. The summed E-state index contributed by atoms with van der Waals surface area (Å²) in [6.07, 6.45) is 57.9. The number of hydrogen-bond donors (Lipinski definition) is 1. The van der Waals surface area contributed by atoms with Crippen LogP contribution in [0.1, 0.15) is 264 Å². The van der Waals surface area contributed by atoms with Gasteiger partial charge in [-0.05, 0) is 51.4 Å². The van der Waals surface area contributed by atoms with Gasteiger partial charge in [0, 0.05) is 12.8 Å². The Labute approximate surface area is 420 Å². The molecular weight excluding hydrogens is 851 g/mol. The monoisotopic (exact) mass is 961 g/mol. The highest BCUT2D eigenvalue weighted by Crippen LogP contribution is 2.17. The second kappa shape index (κ2) is 50.9. The number of carboxylic acid groups (broad SMARTS) is 1. The predicted molar refractivity (Wildman–Crippen MR) is 286 cm³/mol. The lowest BCUT2D eigenvalue weighted by molar-refractivity contribution is -0.870. The molecular formula is C59H110NO8+. The number of esters is 2. The van der Waals surface area contributed by atoms with E-state index in [0.717, 1.165) is 51.4 Å². The van der Waals surface area contributed by atoms with E-state index < -0.39 is 24.3 Å². The first-order valence-corrected chi connectivity index (χ1v) is 28.7. The molecule has 2 atom stereocenters. The third-order valence-electron chi connectivity index (χ3n) is 12.6. The SMILES string of the molecule is CCCCCCC/C=C\C/C=C\C/C=C\CCCCCCCCCCCCCCC(=O)OC(COC(=O)CCCCCCCCCCCCCCCCCC)COC(OCC[N+](C)(C)C)C(=O)O. The largest absolute Gasteiger partial charge is 0.477 e. The maximum absolute atomic E-state index is 12.9. The molecule has 0 fully saturated rings. The van der Waals surface area contributed by atoms with Gasteiger partial charge in [-0.15, -0.1) is 0 Å². The summed E-state index contributed by atoms with van der Waals surface area (Å²) in [5, 5.41) is 9.69. The summed E-state index contributed by atoms with van der Waals surface area (Å²) in [4.78, 5) is 37.4. The minimum atomic E-state index is -1.51. The molecule has 0 saturated heterocycles. The Morgan fingerprint density at radius 1 is 0.441 bits per heavy atom. The van der Waals surface area contributed by atoms with Crippen LogP contribution in [0.3, 0.4) is 0 Å². The van der Waals surface area contributed by atoms with E-state index in [4.69, 9.17) is 18.9 Å². The Morgan fingerprint density at radius 2 is 0.794 bits per heavy atom. The molecule has 0 aliphatic heterocycles. The molecule has 1 N–H and O–H groups in total. The summed E-state index contributed by atoms with van der Waals surface area (Å²) in [7, 11) is 5.97. The number of rotatable bonds is 53. The van der Waals surface area contributed by atoms with Crippen molar-refractivity contribution in [3.8, 4) is 0 Å². The van der Waals surface area contributed by atoms with Crippen molar-refractivity contribution in [2.24, 2.45) is 0 Å². The van der Waals surface area contributed by atoms with Gasteiger partial charge in [-0.1, -0.05) is 237 Å². The number of likely N-dealkylation sites (N-methyl/N-ethyl adjacent to an activating group) is 1. The number of nitrogens with zero attached hydrogens (tertiary/aromatic N) is 1. The van der Waals surface area contributed by atoms with Crippen molar-refractivity contribution in [1.82, 2.24) is 0 Å². The van der Waals surface area contributed by atoms with Crippen molar-refractivity contribution < 1.29 is 42.9 Å². The van der Waals surface area contributed by atoms with Gasteiger partial charge in [-0.2, -0.15) is 0 Å².